The molecule has 0 spiro atoms. The summed E-state index contributed by atoms with van der Waals surface area (Å²) in [6, 6.07) is 2.89. The van der Waals surface area contributed by atoms with Crippen LogP contribution in [0.3, 0.4) is 0 Å². The standard InChI is InChI=1S/C10H11NO3/c11-8-2-1-5-3-9(12)7(10(13)14)4-6(5)8/h3-4,8,12H,1-2,11H2,(H,13,14). The Morgan fingerprint density at radius 1 is 1.50 bits per heavy atom. The van der Waals surface area contributed by atoms with Crippen LogP contribution in [-0.2, 0) is 6.42 Å². The number of phenols is 1. The molecular weight excluding hydrogens is 182 g/mol. The Labute approximate surface area is 81.0 Å². The van der Waals surface area contributed by atoms with Crippen molar-refractivity contribution in [3.63, 3.8) is 0 Å². The van der Waals surface area contributed by atoms with Gasteiger partial charge in [-0.3, -0.25) is 0 Å². The minimum atomic E-state index is -1.12. The Morgan fingerprint density at radius 3 is 2.86 bits per heavy atom. The maximum absolute atomic E-state index is 10.7. The van der Waals surface area contributed by atoms with E-state index in [2.05, 4.69) is 0 Å². The molecule has 2 rings (SSSR count). The highest BCUT2D eigenvalue weighted by Crippen LogP contribution is 2.33. The minimum absolute atomic E-state index is 0.0684. The normalized spacial score (nSPS) is 19.4. The molecule has 4 heteroatoms. The fourth-order valence-electron chi connectivity index (χ4n) is 1.85. The van der Waals surface area contributed by atoms with Crippen LogP contribution in [0.5, 0.6) is 5.75 Å². The summed E-state index contributed by atoms with van der Waals surface area (Å²) in [5.41, 5.74) is 7.53. The first-order valence-electron chi connectivity index (χ1n) is 4.44. The van der Waals surface area contributed by atoms with E-state index in [-0.39, 0.29) is 17.4 Å². The summed E-state index contributed by atoms with van der Waals surface area (Å²) in [5, 5.41) is 18.2. The molecule has 0 saturated heterocycles. The van der Waals surface area contributed by atoms with Gasteiger partial charge in [-0.2, -0.15) is 0 Å². The maximum Gasteiger partial charge on any atom is 0.339 e. The molecule has 0 fully saturated rings. The van der Waals surface area contributed by atoms with Gasteiger partial charge in [0.15, 0.2) is 0 Å². The highest BCUT2D eigenvalue weighted by atomic mass is 16.4. The fraction of sp³-hybridized carbons (Fsp3) is 0.300. The molecule has 0 heterocycles. The monoisotopic (exact) mass is 193 g/mol. The summed E-state index contributed by atoms with van der Waals surface area (Å²) in [4.78, 5) is 10.7. The fourth-order valence-corrected chi connectivity index (χ4v) is 1.85. The summed E-state index contributed by atoms with van der Waals surface area (Å²) in [6.07, 6.45) is 1.63. The van der Waals surface area contributed by atoms with Gasteiger partial charge in [0.05, 0.1) is 0 Å². The van der Waals surface area contributed by atoms with Crippen molar-refractivity contribution in [3.05, 3.63) is 28.8 Å². The van der Waals surface area contributed by atoms with Crippen molar-refractivity contribution in [3.8, 4) is 5.75 Å². The first-order valence-corrected chi connectivity index (χ1v) is 4.44. The lowest BCUT2D eigenvalue weighted by molar-refractivity contribution is 0.0693. The molecule has 74 valence electrons. The second-order valence-electron chi connectivity index (χ2n) is 3.52. The number of benzene rings is 1. The smallest absolute Gasteiger partial charge is 0.339 e. The second-order valence-corrected chi connectivity index (χ2v) is 3.52. The lowest BCUT2D eigenvalue weighted by Gasteiger charge is -2.07. The van der Waals surface area contributed by atoms with E-state index in [4.69, 9.17) is 10.8 Å². The average molecular weight is 193 g/mol. The number of hydrogen-bond donors (Lipinski definition) is 3. The van der Waals surface area contributed by atoms with Crippen molar-refractivity contribution in [1.29, 1.82) is 0 Å². The third-order valence-corrected chi connectivity index (χ3v) is 2.61. The molecule has 0 bridgehead atoms. The van der Waals surface area contributed by atoms with Crippen LogP contribution in [0.2, 0.25) is 0 Å². The lowest BCUT2D eigenvalue weighted by Crippen LogP contribution is -2.07. The van der Waals surface area contributed by atoms with E-state index < -0.39 is 5.97 Å². The van der Waals surface area contributed by atoms with Gasteiger partial charge in [-0.1, -0.05) is 0 Å². The van der Waals surface area contributed by atoms with Gasteiger partial charge in [-0.05, 0) is 36.1 Å². The third-order valence-electron chi connectivity index (χ3n) is 2.61. The van der Waals surface area contributed by atoms with Gasteiger partial charge in [0.25, 0.3) is 0 Å². The Kier molecular flexibility index (Phi) is 1.93. The number of nitrogens with two attached hydrogens (primary N) is 1. The number of hydrogen-bond acceptors (Lipinski definition) is 3. The third kappa shape index (κ3) is 1.24. The van der Waals surface area contributed by atoms with Crippen LogP contribution < -0.4 is 5.73 Å². The summed E-state index contributed by atoms with van der Waals surface area (Å²) in [7, 11) is 0. The Hall–Kier alpha value is -1.55. The van der Waals surface area contributed by atoms with Crippen molar-refractivity contribution < 1.29 is 15.0 Å². The second kappa shape index (κ2) is 2.99. The summed E-state index contributed by atoms with van der Waals surface area (Å²) in [6.45, 7) is 0. The molecule has 1 aliphatic rings. The predicted molar refractivity (Wildman–Crippen MR) is 50.3 cm³/mol. The van der Waals surface area contributed by atoms with Crippen LogP contribution in [0.1, 0.15) is 33.9 Å². The van der Waals surface area contributed by atoms with Gasteiger partial charge in [0, 0.05) is 6.04 Å². The summed E-state index contributed by atoms with van der Waals surface area (Å²) < 4.78 is 0. The zero-order chi connectivity index (χ0) is 10.3. The van der Waals surface area contributed by atoms with Crippen molar-refractivity contribution in [1.82, 2.24) is 0 Å². The average Bonchev–Trinajstić information content (AvgIpc) is 2.46. The Balaban J connectivity index is 2.57. The number of aromatic carboxylic acids is 1. The minimum Gasteiger partial charge on any atom is -0.507 e. The van der Waals surface area contributed by atoms with E-state index in [1.54, 1.807) is 0 Å². The molecule has 14 heavy (non-hydrogen) atoms. The molecule has 4 nitrogen and oxygen atoms in total. The van der Waals surface area contributed by atoms with Crippen molar-refractivity contribution in [2.75, 3.05) is 0 Å². The highest BCUT2D eigenvalue weighted by molar-refractivity contribution is 5.91. The highest BCUT2D eigenvalue weighted by Gasteiger charge is 2.22. The van der Waals surface area contributed by atoms with Crippen molar-refractivity contribution in [2.45, 2.75) is 18.9 Å². The molecule has 1 aromatic rings. The van der Waals surface area contributed by atoms with E-state index >= 15 is 0 Å². The van der Waals surface area contributed by atoms with Crippen LogP contribution in [0.4, 0.5) is 0 Å². The quantitative estimate of drug-likeness (QED) is 0.622. The van der Waals surface area contributed by atoms with Gasteiger partial charge >= 0.3 is 5.97 Å². The van der Waals surface area contributed by atoms with Crippen molar-refractivity contribution >= 4 is 5.97 Å². The maximum atomic E-state index is 10.7. The van der Waals surface area contributed by atoms with Crippen molar-refractivity contribution in [2.24, 2.45) is 5.73 Å². The van der Waals surface area contributed by atoms with Crippen LogP contribution >= 0.6 is 0 Å². The van der Waals surface area contributed by atoms with Crippen LogP contribution in [0.25, 0.3) is 0 Å². The van der Waals surface area contributed by atoms with Gasteiger partial charge < -0.3 is 15.9 Å². The number of carboxylic acid groups (broad SMARTS) is 1. The predicted octanol–water partition coefficient (Wildman–Crippen LogP) is 1.04. The Bertz CT molecular complexity index is 401. The molecule has 1 aromatic carbocycles. The molecule has 0 aliphatic heterocycles. The van der Waals surface area contributed by atoms with E-state index in [0.717, 1.165) is 24.0 Å². The lowest BCUT2D eigenvalue weighted by atomic mass is 10.0. The van der Waals surface area contributed by atoms with Crippen LogP contribution in [0, 0.1) is 0 Å². The van der Waals surface area contributed by atoms with E-state index in [9.17, 15) is 9.90 Å². The molecule has 1 atom stereocenters. The molecule has 0 aromatic heterocycles. The zero-order valence-electron chi connectivity index (χ0n) is 7.53. The molecule has 0 amide bonds. The largest absolute Gasteiger partial charge is 0.507 e. The van der Waals surface area contributed by atoms with E-state index in [0.29, 0.717) is 0 Å². The Morgan fingerprint density at radius 2 is 2.21 bits per heavy atom. The number of aryl methyl sites for hydroxylation is 1. The van der Waals surface area contributed by atoms with Gasteiger partial charge in [0.2, 0.25) is 0 Å². The topological polar surface area (TPSA) is 83.5 Å². The summed E-state index contributed by atoms with van der Waals surface area (Å²) >= 11 is 0. The molecule has 1 aliphatic carbocycles. The number of carboxylic acids is 1. The zero-order valence-corrected chi connectivity index (χ0v) is 7.53. The van der Waals surface area contributed by atoms with Crippen LogP contribution in [-0.4, -0.2) is 16.2 Å². The first-order chi connectivity index (χ1) is 6.59. The van der Waals surface area contributed by atoms with E-state index in [1.807, 2.05) is 0 Å². The molecule has 0 saturated carbocycles. The molecule has 4 N–H and O–H groups in total. The molecule has 0 radical (unpaired) electrons. The van der Waals surface area contributed by atoms with Gasteiger partial charge in [-0.25, -0.2) is 4.79 Å². The number of carbonyl (C=O) groups is 1. The first kappa shape index (κ1) is 9.02. The van der Waals surface area contributed by atoms with Crippen LogP contribution in [0.15, 0.2) is 12.1 Å². The van der Waals surface area contributed by atoms with E-state index in [1.165, 1.54) is 12.1 Å². The number of fused-ring (bicyclic) bond motifs is 1. The van der Waals surface area contributed by atoms with Gasteiger partial charge in [0.1, 0.15) is 11.3 Å². The SMILES string of the molecule is NC1CCc2cc(O)c(C(=O)O)cc21. The summed E-state index contributed by atoms with van der Waals surface area (Å²) in [5.74, 6) is -1.30. The molecular formula is C10H11NO3. The number of rotatable bonds is 1. The number of aromatic hydroxyl groups is 1. The van der Waals surface area contributed by atoms with Gasteiger partial charge in [-0.15, -0.1) is 0 Å². The molecule has 1 unspecified atom stereocenters.